The third-order valence-corrected chi connectivity index (χ3v) is 4.64. The summed E-state index contributed by atoms with van der Waals surface area (Å²) in [5, 5.41) is 11.7. The van der Waals surface area contributed by atoms with Crippen LogP contribution >= 0.6 is 0 Å². The third kappa shape index (κ3) is 4.84. The smallest absolute Gasteiger partial charge is 0.338 e. The van der Waals surface area contributed by atoms with Gasteiger partial charge in [0.15, 0.2) is 0 Å². The summed E-state index contributed by atoms with van der Waals surface area (Å²) in [6.45, 7) is 0. The zero-order chi connectivity index (χ0) is 22.4. The summed E-state index contributed by atoms with van der Waals surface area (Å²) in [6.07, 6.45) is 1.55. The predicted molar refractivity (Wildman–Crippen MR) is 116 cm³/mol. The van der Waals surface area contributed by atoms with Gasteiger partial charge < -0.3 is 9.47 Å². The zero-order valence-electron chi connectivity index (χ0n) is 16.9. The second kappa shape index (κ2) is 9.49. The van der Waals surface area contributed by atoms with Crippen molar-refractivity contribution < 1.29 is 24.0 Å². The number of hydrogen-bond donors (Lipinski definition) is 0. The van der Waals surface area contributed by atoms with Gasteiger partial charge in [0.25, 0.3) is 5.69 Å². The van der Waals surface area contributed by atoms with Gasteiger partial charge in [-0.15, -0.1) is 0 Å². The minimum atomic E-state index is -0.640. The Labute approximate surface area is 178 Å². The van der Waals surface area contributed by atoms with Crippen molar-refractivity contribution in [2.24, 2.45) is 0 Å². The number of carbonyl (C=O) groups is 2. The summed E-state index contributed by atoms with van der Waals surface area (Å²) in [7, 11) is 2.53. The summed E-state index contributed by atoms with van der Waals surface area (Å²) in [5.41, 5.74) is 2.49. The Morgan fingerprint density at radius 1 is 0.871 bits per heavy atom. The Balaban J connectivity index is 2.08. The number of nitro benzene ring substituents is 1. The van der Waals surface area contributed by atoms with E-state index in [-0.39, 0.29) is 11.3 Å². The number of methoxy groups -OCH3 is 2. The molecule has 3 aromatic rings. The van der Waals surface area contributed by atoms with Crippen molar-refractivity contribution in [1.29, 1.82) is 0 Å². The quantitative estimate of drug-likeness (QED) is 0.189. The predicted octanol–water partition coefficient (Wildman–Crippen LogP) is 4.76. The maximum absolute atomic E-state index is 12.4. The molecule has 0 aliphatic heterocycles. The maximum Gasteiger partial charge on any atom is 0.338 e. The van der Waals surface area contributed by atoms with Crippen molar-refractivity contribution >= 4 is 29.3 Å². The highest BCUT2D eigenvalue weighted by Gasteiger charge is 2.20. The van der Waals surface area contributed by atoms with E-state index in [1.807, 2.05) is 6.07 Å². The minimum Gasteiger partial charge on any atom is -0.465 e. The largest absolute Gasteiger partial charge is 0.465 e. The van der Waals surface area contributed by atoms with Gasteiger partial charge in [0.2, 0.25) is 0 Å². The molecule has 7 nitrogen and oxygen atoms in total. The molecule has 0 fully saturated rings. The number of hydrogen-bond acceptors (Lipinski definition) is 6. The number of esters is 2. The summed E-state index contributed by atoms with van der Waals surface area (Å²) in [5.74, 6) is -1.12. The molecule has 7 heteroatoms. The van der Waals surface area contributed by atoms with Gasteiger partial charge >= 0.3 is 11.9 Å². The molecule has 156 valence electrons. The second-order valence-corrected chi connectivity index (χ2v) is 6.52. The molecule has 0 aliphatic rings. The fourth-order valence-electron chi connectivity index (χ4n) is 3.08. The Bertz CT molecular complexity index is 1150. The van der Waals surface area contributed by atoms with Crippen LogP contribution in [0.3, 0.4) is 0 Å². The molecule has 0 bridgehead atoms. The first-order chi connectivity index (χ1) is 14.9. The Morgan fingerprint density at radius 2 is 1.52 bits per heavy atom. The van der Waals surface area contributed by atoms with Crippen LogP contribution in [0.5, 0.6) is 0 Å². The summed E-state index contributed by atoms with van der Waals surface area (Å²) in [6, 6.07) is 20.0. The third-order valence-electron chi connectivity index (χ3n) is 4.64. The molecule has 0 heterocycles. The number of nitro groups is 1. The molecule has 31 heavy (non-hydrogen) atoms. The first kappa shape index (κ1) is 21.4. The average Bonchev–Trinajstić information content (AvgIpc) is 2.82. The zero-order valence-corrected chi connectivity index (χ0v) is 16.9. The van der Waals surface area contributed by atoms with Gasteiger partial charge in [-0.3, -0.25) is 10.1 Å². The molecule has 3 aromatic carbocycles. The van der Waals surface area contributed by atoms with E-state index in [1.54, 1.807) is 66.7 Å². The van der Waals surface area contributed by atoms with Gasteiger partial charge in [-0.05, 0) is 41.0 Å². The first-order valence-electron chi connectivity index (χ1n) is 9.27. The van der Waals surface area contributed by atoms with E-state index in [1.165, 1.54) is 20.3 Å². The van der Waals surface area contributed by atoms with Crippen molar-refractivity contribution in [2.75, 3.05) is 14.2 Å². The molecule has 0 amide bonds. The number of carbonyl (C=O) groups excluding carboxylic acids is 2. The lowest BCUT2D eigenvalue weighted by Gasteiger charge is -2.09. The van der Waals surface area contributed by atoms with Crippen LogP contribution in [0.25, 0.3) is 22.8 Å². The van der Waals surface area contributed by atoms with Crippen molar-refractivity contribution in [3.8, 4) is 11.1 Å². The fourth-order valence-corrected chi connectivity index (χ4v) is 3.08. The molecule has 3 rings (SSSR count). The SMILES string of the molecule is COC(=O)/C(=C/c1ccc(C(=O)OC)cc1)c1ccc(-c2ccccc2)c([N+](=O)[O-])c1. The highest BCUT2D eigenvalue weighted by atomic mass is 16.6. The van der Waals surface area contributed by atoms with Gasteiger partial charge in [0.1, 0.15) is 0 Å². The number of ether oxygens (including phenoxy) is 2. The number of rotatable bonds is 6. The molecule has 0 atom stereocenters. The fraction of sp³-hybridized carbons (Fsp3) is 0.0833. The van der Waals surface area contributed by atoms with E-state index >= 15 is 0 Å². The standard InChI is InChI=1S/C24H19NO6/c1-30-23(26)18-10-8-16(9-11-18)14-21(24(27)31-2)19-12-13-20(22(15-19)25(28)29)17-6-4-3-5-7-17/h3-15H,1-2H3/b21-14+. The Morgan fingerprint density at radius 3 is 2.10 bits per heavy atom. The van der Waals surface area contributed by atoms with E-state index in [9.17, 15) is 19.7 Å². The number of benzene rings is 3. The van der Waals surface area contributed by atoms with Crippen LogP contribution in [-0.4, -0.2) is 31.1 Å². The van der Waals surface area contributed by atoms with Gasteiger partial charge in [0.05, 0.1) is 35.8 Å². The molecule has 0 saturated heterocycles. The Hall–Kier alpha value is -4.26. The highest BCUT2D eigenvalue weighted by molar-refractivity contribution is 6.21. The number of nitrogens with zero attached hydrogens (tertiary/aromatic N) is 1. The van der Waals surface area contributed by atoms with Crippen LogP contribution in [0.2, 0.25) is 0 Å². The van der Waals surface area contributed by atoms with Crippen molar-refractivity contribution in [1.82, 2.24) is 0 Å². The first-order valence-corrected chi connectivity index (χ1v) is 9.27. The molecule has 0 aromatic heterocycles. The van der Waals surface area contributed by atoms with Crippen LogP contribution in [0.4, 0.5) is 5.69 Å². The second-order valence-electron chi connectivity index (χ2n) is 6.52. The van der Waals surface area contributed by atoms with Gasteiger partial charge in [-0.1, -0.05) is 48.5 Å². The van der Waals surface area contributed by atoms with Gasteiger partial charge in [-0.25, -0.2) is 9.59 Å². The van der Waals surface area contributed by atoms with Gasteiger partial charge in [-0.2, -0.15) is 0 Å². The van der Waals surface area contributed by atoms with Crippen LogP contribution in [0, 0.1) is 10.1 Å². The molecular weight excluding hydrogens is 398 g/mol. The van der Waals surface area contributed by atoms with E-state index in [0.717, 1.165) is 0 Å². The minimum absolute atomic E-state index is 0.125. The molecule has 0 saturated carbocycles. The summed E-state index contributed by atoms with van der Waals surface area (Å²) in [4.78, 5) is 35.3. The molecule has 0 aliphatic carbocycles. The monoisotopic (exact) mass is 417 g/mol. The van der Waals surface area contributed by atoms with Crippen LogP contribution in [-0.2, 0) is 14.3 Å². The highest BCUT2D eigenvalue weighted by Crippen LogP contribution is 2.33. The summed E-state index contributed by atoms with van der Waals surface area (Å²) < 4.78 is 9.56. The molecule has 0 radical (unpaired) electrons. The van der Waals surface area contributed by atoms with Crippen LogP contribution in [0.1, 0.15) is 21.5 Å². The van der Waals surface area contributed by atoms with E-state index in [2.05, 4.69) is 4.74 Å². The average molecular weight is 417 g/mol. The lowest BCUT2D eigenvalue weighted by Crippen LogP contribution is -2.05. The van der Waals surface area contributed by atoms with E-state index < -0.39 is 16.9 Å². The van der Waals surface area contributed by atoms with Crippen LogP contribution < -0.4 is 0 Å². The van der Waals surface area contributed by atoms with E-state index in [0.29, 0.717) is 27.8 Å². The van der Waals surface area contributed by atoms with Crippen molar-refractivity contribution in [2.45, 2.75) is 0 Å². The molecular formula is C24H19NO6. The lowest BCUT2D eigenvalue weighted by molar-refractivity contribution is -0.384. The summed E-state index contributed by atoms with van der Waals surface area (Å²) >= 11 is 0. The molecule has 0 N–H and O–H groups in total. The topological polar surface area (TPSA) is 95.7 Å². The van der Waals surface area contributed by atoms with Crippen molar-refractivity contribution in [3.05, 3.63) is 99.6 Å². The lowest BCUT2D eigenvalue weighted by atomic mass is 9.97. The van der Waals surface area contributed by atoms with Crippen LogP contribution in [0.15, 0.2) is 72.8 Å². The Kier molecular flexibility index (Phi) is 6.57. The molecule has 0 unspecified atom stereocenters. The normalized spacial score (nSPS) is 11.0. The molecule has 0 spiro atoms. The van der Waals surface area contributed by atoms with E-state index in [4.69, 9.17) is 4.74 Å². The van der Waals surface area contributed by atoms with Gasteiger partial charge in [0, 0.05) is 6.07 Å². The van der Waals surface area contributed by atoms with Crippen molar-refractivity contribution in [3.63, 3.8) is 0 Å². The maximum atomic E-state index is 12.4.